The number of pyridine rings is 1. The molecule has 98 valence electrons. The molecule has 0 saturated carbocycles. The molecular formula is C13H9Cl2NO3. The Hall–Kier alpha value is -1.78. The Bertz CT molecular complexity index is 617. The van der Waals surface area contributed by atoms with Crippen LogP contribution in [0.3, 0.4) is 0 Å². The van der Waals surface area contributed by atoms with Crippen LogP contribution in [0.5, 0.6) is 5.75 Å². The Morgan fingerprint density at radius 2 is 2.11 bits per heavy atom. The van der Waals surface area contributed by atoms with Crippen LogP contribution in [0.2, 0.25) is 10.0 Å². The van der Waals surface area contributed by atoms with E-state index in [1.807, 2.05) is 0 Å². The highest BCUT2D eigenvalue weighted by Gasteiger charge is 2.12. The van der Waals surface area contributed by atoms with Crippen LogP contribution in [0, 0.1) is 0 Å². The molecule has 0 fully saturated rings. The molecule has 6 heteroatoms. The van der Waals surface area contributed by atoms with Crippen LogP contribution in [0.4, 0.5) is 0 Å². The van der Waals surface area contributed by atoms with Gasteiger partial charge in [-0.3, -0.25) is 0 Å². The summed E-state index contributed by atoms with van der Waals surface area (Å²) in [6, 6.07) is 8.10. The van der Waals surface area contributed by atoms with Gasteiger partial charge in [0.05, 0.1) is 5.02 Å². The van der Waals surface area contributed by atoms with Gasteiger partial charge in [0.1, 0.15) is 12.4 Å². The number of hydrogen-bond donors (Lipinski definition) is 1. The molecule has 19 heavy (non-hydrogen) atoms. The van der Waals surface area contributed by atoms with Crippen molar-refractivity contribution in [1.82, 2.24) is 4.98 Å². The second-order valence-electron chi connectivity index (χ2n) is 3.68. The van der Waals surface area contributed by atoms with Crippen molar-refractivity contribution in [3.05, 3.63) is 57.8 Å². The predicted octanol–water partition coefficient (Wildman–Crippen LogP) is 3.67. The lowest BCUT2D eigenvalue weighted by molar-refractivity contribution is 0.0687. The van der Waals surface area contributed by atoms with Crippen molar-refractivity contribution in [1.29, 1.82) is 0 Å². The first-order chi connectivity index (χ1) is 9.08. The van der Waals surface area contributed by atoms with Crippen molar-refractivity contribution < 1.29 is 14.6 Å². The van der Waals surface area contributed by atoms with Gasteiger partial charge in [-0.25, -0.2) is 9.78 Å². The maximum absolute atomic E-state index is 11.0. The van der Waals surface area contributed by atoms with E-state index in [2.05, 4.69) is 4.98 Å². The Labute approximate surface area is 119 Å². The van der Waals surface area contributed by atoms with Crippen molar-refractivity contribution in [2.24, 2.45) is 0 Å². The number of carboxylic acid groups (broad SMARTS) is 1. The predicted molar refractivity (Wildman–Crippen MR) is 72.0 cm³/mol. The third-order valence-electron chi connectivity index (χ3n) is 2.37. The third-order valence-corrected chi connectivity index (χ3v) is 2.92. The van der Waals surface area contributed by atoms with E-state index in [-0.39, 0.29) is 12.3 Å². The highest BCUT2D eigenvalue weighted by Crippen LogP contribution is 2.28. The van der Waals surface area contributed by atoms with Crippen LogP contribution in [0.1, 0.15) is 16.1 Å². The van der Waals surface area contributed by atoms with E-state index in [4.69, 9.17) is 33.0 Å². The Morgan fingerprint density at radius 3 is 2.84 bits per heavy atom. The molecule has 1 heterocycles. The molecule has 0 spiro atoms. The third kappa shape index (κ3) is 3.36. The summed E-state index contributed by atoms with van der Waals surface area (Å²) in [6.07, 6.45) is 1.42. The standard InChI is InChI=1S/C13H9Cl2NO3/c14-9-3-4-10(15)11(6-9)19-7-8-2-1-5-16-12(8)13(17)18/h1-6H,7H2,(H,17,18). The first-order valence-corrected chi connectivity index (χ1v) is 6.08. The van der Waals surface area contributed by atoms with Crippen LogP contribution < -0.4 is 4.74 Å². The molecule has 4 nitrogen and oxygen atoms in total. The molecule has 0 atom stereocenters. The van der Waals surface area contributed by atoms with Gasteiger partial charge in [0.15, 0.2) is 5.69 Å². The fourth-order valence-electron chi connectivity index (χ4n) is 1.49. The molecule has 0 aliphatic heterocycles. The minimum atomic E-state index is -1.10. The van der Waals surface area contributed by atoms with Crippen LogP contribution in [0.15, 0.2) is 36.5 Å². The molecule has 1 aromatic carbocycles. The van der Waals surface area contributed by atoms with Gasteiger partial charge in [-0.05, 0) is 18.2 Å². The number of aromatic carboxylic acids is 1. The number of aromatic nitrogens is 1. The number of carbonyl (C=O) groups is 1. The lowest BCUT2D eigenvalue weighted by Crippen LogP contribution is -2.08. The lowest BCUT2D eigenvalue weighted by atomic mass is 10.2. The summed E-state index contributed by atoms with van der Waals surface area (Å²) in [5.74, 6) is -0.703. The van der Waals surface area contributed by atoms with Gasteiger partial charge in [-0.15, -0.1) is 0 Å². The normalized spacial score (nSPS) is 10.2. The molecule has 2 rings (SSSR count). The first kappa shape index (κ1) is 13.6. The van der Waals surface area contributed by atoms with E-state index in [9.17, 15) is 4.79 Å². The topological polar surface area (TPSA) is 59.4 Å². The number of benzene rings is 1. The van der Waals surface area contributed by atoms with Crippen molar-refractivity contribution in [2.75, 3.05) is 0 Å². The average molecular weight is 298 g/mol. The van der Waals surface area contributed by atoms with E-state index in [1.54, 1.807) is 30.3 Å². The molecule has 0 bridgehead atoms. The van der Waals surface area contributed by atoms with Gasteiger partial charge in [0, 0.05) is 22.8 Å². The highest BCUT2D eigenvalue weighted by molar-refractivity contribution is 6.34. The molecule has 0 radical (unpaired) electrons. The van der Waals surface area contributed by atoms with Gasteiger partial charge < -0.3 is 9.84 Å². The summed E-state index contributed by atoms with van der Waals surface area (Å²) in [5, 5.41) is 9.89. The molecule has 1 aromatic heterocycles. The zero-order valence-corrected chi connectivity index (χ0v) is 11.1. The fraction of sp³-hybridized carbons (Fsp3) is 0.0769. The Kier molecular flexibility index (Phi) is 4.24. The summed E-state index contributed by atoms with van der Waals surface area (Å²) < 4.78 is 5.47. The summed E-state index contributed by atoms with van der Waals surface area (Å²) in [7, 11) is 0. The van der Waals surface area contributed by atoms with Crippen LogP contribution in [-0.2, 0) is 6.61 Å². The van der Waals surface area contributed by atoms with E-state index >= 15 is 0 Å². The molecule has 0 saturated heterocycles. The maximum atomic E-state index is 11.0. The van der Waals surface area contributed by atoms with Crippen LogP contribution in [-0.4, -0.2) is 16.1 Å². The summed E-state index contributed by atoms with van der Waals surface area (Å²) in [4.78, 5) is 14.8. The Morgan fingerprint density at radius 1 is 1.32 bits per heavy atom. The molecule has 0 aliphatic rings. The number of carboxylic acids is 1. The summed E-state index contributed by atoms with van der Waals surface area (Å²) in [5.41, 5.74) is 0.423. The quantitative estimate of drug-likeness (QED) is 0.935. The van der Waals surface area contributed by atoms with Crippen molar-refractivity contribution in [3.8, 4) is 5.75 Å². The van der Waals surface area contributed by atoms with Crippen LogP contribution in [0.25, 0.3) is 0 Å². The van der Waals surface area contributed by atoms with E-state index in [0.717, 1.165) is 0 Å². The first-order valence-electron chi connectivity index (χ1n) is 5.33. The van der Waals surface area contributed by atoms with Crippen molar-refractivity contribution >= 4 is 29.2 Å². The van der Waals surface area contributed by atoms with Gasteiger partial charge in [-0.1, -0.05) is 29.3 Å². The molecule has 0 unspecified atom stereocenters. The van der Waals surface area contributed by atoms with Gasteiger partial charge >= 0.3 is 5.97 Å². The molecule has 0 amide bonds. The van der Waals surface area contributed by atoms with Gasteiger partial charge in [0.2, 0.25) is 0 Å². The Balaban J connectivity index is 2.19. The SMILES string of the molecule is O=C(O)c1ncccc1COc1cc(Cl)ccc1Cl. The van der Waals surface area contributed by atoms with Crippen molar-refractivity contribution in [2.45, 2.75) is 6.61 Å². The van der Waals surface area contributed by atoms with E-state index in [1.165, 1.54) is 6.20 Å². The molecular weight excluding hydrogens is 289 g/mol. The number of hydrogen-bond acceptors (Lipinski definition) is 3. The lowest BCUT2D eigenvalue weighted by Gasteiger charge is -2.09. The average Bonchev–Trinajstić information content (AvgIpc) is 2.40. The molecule has 0 aliphatic carbocycles. The number of nitrogens with zero attached hydrogens (tertiary/aromatic N) is 1. The number of rotatable bonds is 4. The van der Waals surface area contributed by atoms with Crippen LogP contribution >= 0.6 is 23.2 Å². The minimum absolute atomic E-state index is 0.0411. The molecule has 1 N–H and O–H groups in total. The fourth-order valence-corrected chi connectivity index (χ4v) is 1.83. The zero-order valence-electron chi connectivity index (χ0n) is 9.64. The molecule has 2 aromatic rings. The van der Waals surface area contributed by atoms with Gasteiger partial charge in [-0.2, -0.15) is 0 Å². The van der Waals surface area contributed by atoms with Gasteiger partial charge in [0.25, 0.3) is 0 Å². The second-order valence-corrected chi connectivity index (χ2v) is 4.52. The maximum Gasteiger partial charge on any atom is 0.354 e. The number of ether oxygens (including phenoxy) is 1. The summed E-state index contributed by atoms with van der Waals surface area (Å²) in [6.45, 7) is 0.0511. The minimum Gasteiger partial charge on any atom is -0.487 e. The van der Waals surface area contributed by atoms with E-state index in [0.29, 0.717) is 21.4 Å². The summed E-state index contributed by atoms with van der Waals surface area (Å²) >= 11 is 11.8. The highest BCUT2D eigenvalue weighted by atomic mass is 35.5. The monoisotopic (exact) mass is 297 g/mol. The smallest absolute Gasteiger partial charge is 0.354 e. The second kappa shape index (κ2) is 5.91. The zero-order chi connectivity index (χ0) is 13.8. The van der Waals surface area contributed by atoms with E-state index < -0.39 is 5.97 Å². The van der Waals surface area contributed by atoms with Crippen molar-refractivity contribution in [3.63, 3.8) is 0 Å². The largest absolute Gasteiger partial charge is 0.487 e. The number of halogens is 2.